The molecule has 13 nitrogen and oxygen atoms in total. The molecular formula is C25H34N8O5. The molecule has 0 aliphatic heterocycles. The van der Waals surface area contributed by atoms with Crippen LogP contribution in [0.5, 0.6) is 0 Å². The number of nitrogens with one attached hydrogen (secondary N) is 5. The van der Waals surface area contributed by atoms with Gasteiger partial charge in [-0.05, 0) is 43.9 Å². The largest absolute Gasteiger partial charge is 0.480 e. The molecule has 0 spiro atoms. The molecule has 38 heavy (non-hydrogen) atoms. The van der Waals surface area contributed by atoms with Gasteiger partial charge in [0.25, 0.3) is 0 Å². The van der Waals surface area contributed by atoms with Crippen molar-refractivity contribution in [3.05, 3.63) is 54.2 Å². The molecule has 3 unspecified atom stereocenters. The normalized spacial score (nSPS) is 13.4. The van der Waals surface area contributed by atoms with Crippen molar-refractivity contribution in [1.82, 2.24) is 30.9 Å². The molecule has 10 N–H and O–H groups in total. The highest BCUT2D eigenvalue weighted by molar-refractivity contribution is 5.93. The number of para-hydroxylation sites is 1. The summed E-state index contributed by atoms with van der Waals surface area (Å²) in [7, 11) is 0. The van der Waals surface area contributed by atoms with Crippen molar-refractivity contribution in [2.75, 3.05) is 13.1 Å². The van der Waals surface area contributed by atoms with Gasteiger partial charge in [-0.2, -0.15) is 0 Å². The Bertz CT molecular complexity index is 1230. The lowest BCUT2D eigenvalue weighted by atomic mass is 10.1. The Kier molecular flexibility index (Phi) is 10.4. The molecule has 3 atom stereocenters. The SMILES string of the molecule is NCCCCC(NC(=O)C(Cc1cnc[nH]1)NC(=O)CNC(=O)C(N)Cc1c[nH]c2ccccc12)C(=O)O. The second kappa shape index (κ2) is 13.9. The zero-order valence-corrected chi connectivity index (χ0v) is 20.9. The van der Waals surface area contributed by atoms with E-state index in [0.717, 1.165) is 16.5 Å². The average molecular weight is 527 g/mol. The van der Waals surface area contributed by atoms with Crippen LogP contribution in [0.1, 0.15) is 30.5 Å². The number of carbonyl (C=O) groups is 4. The fourth-order valence-corrected chi connectivity index (χ4v) is 4.02. The first kappa shape index (κ1) is 28.3. The summed E-state index contributed by atoms with van der Waals surface area (Å²) < 4.78 is 0. The van der Waals surface area contributed by atoms with Gasteiger partial charge in [0.05, 0.1) is 18.9 Å². The predicted molar refractivity (Wildman–Crippen MR) is 140 cm³/mol. The summed E-state index contributed by atoms with van der Waals surface area (Å²) in [6, 6.07) is 4.52. The van der Waals surface area contributed by atoms with Crippen LogP contribution >= 0.6 is 0 Å². The van der Waals surface area contributed by atoms with Gasteiger partial charge in [-0.1, -0.05) is 18.2 Å². The molecule has 13 heteroatoms. The molecule has 0 aliphatic carbocycles. The van der Waals surface area contributed by atoms with Gasteiger partial charge >= 0.3 is 5.97 Å². The standard InChI is InChI=1S/C25H34N8O5/c26-8-4-3-7-20(25(37)38)33-24(36)21(10-16-12-28-14-31-16)32-22(34)13-30-23(35)18(27)9-15-11-29-19-6-2-1-5-17(15)19/h1-2,5-6,11-12,14,18,20-21,29H,3-4,7-10,13,26-27H2,(H,28,31)(H,30,35)(H,32,34)(H,33,36)(H,37,38). The first-order chi connectivity index (χ1) is 18.3. The third kappa shape index (κ3) is 8.15. The van der Waals surface area contributed by atoms with E-state index in [4.69, 9.17) is 11.5 Å². The van der Waals surface area contributed by atoms with Gasteiger partial charge in [-0.15, -0.1) is 0 Å². The van der Waals surface area contributed by atoms with E-state index < -0.39 is 48.4 Å². The molecule has 0 fully saturated rings. The van der Waals surface area contributed by atoms with Gasteiger partial charge in [0, 0.05) is 35.4 Å². The fraction of sp³-hybridized carbons (Fsp3) is 0.400. The van der Waals surface area contributed by atoms with Crippen LogP contribution in [0, 0.1) is 0 Å². The number of fused-ring (bicyclic) bond motifs is 1. The number of H-pyrrole nitrogens is 2. The van der Waals surface area contributed by atoms with Crippen molar-refractivity contribution < 1.29 is 24.3 Å². The van der Waals surface area contributed by atoms with Crippen molar-refractivity contribution in [3.63, 3.8) is 0 Å². The van der Waals surface area contributed by atoms with E-state index in [2.05, 4.69) is 30.9 Å². The number of rotatable bonds is 15. The summed E-state index contributed by atoms with van der Waals surface area (Å²) in [6.45, 7) is 0.00197. The molecule has 204 valence electrons. The summed E-state index contributed by atoms with van der Waals surface area (Å²) in [5, 5.41) is 18.0. The maximum absolute atomic E-state index is 12.9. The van der Waals surface area contributed by atoms with Crippen LogP contribution in [0.3, 0.4) is 0 Å². The van der Waals surface area contributed by atoms with E-state index >= 15 is 0 Å². The zero-order chi connectivity index (χ0) is 27.5. The Morgan fingerprint density at radius 3 is 2.50 bits per heavy atom. The fourth-order valence-electron chi connectivity index (χ4n) is 4.02. The lowest BCUT2D eigenvalue weighted by Crippen LogP contribution is -2.54. The van der Waals surface area contributed by atoms with Crippen molar-refractivity contribution in [3.8, 4) is 0 Å². The average Bonchev–Trinajstić information content (AvgIpc) is 3.56. The molecule has 0 saturated carbocycles. The monoisotopic (exact) mass is 526 g/mol. The summed E-state index contributed by atoms with van der Waals surface area (Å²) in [5.41, 5.74) is 13.9. The van der Waals surface area contributed by atoms with Crippen molar-refractivity contribution in [1.29, 1.82) is 0 Å². The van der Waals surface area contributed by atoms with Gasteiger partial charge in [0.15, 0.2) is 0 Å². The number of aromatic nitrogens is 3. The molecule has 3 rings (SSSR count). The van der Waals surface area contributed by atoms with Crippen LogP contribution in [0.15, 0.2) is 43.0 Å². The number of benzene rings is 1. The van der Waals surface area contributed by atoms with E-state index in [1.807, 2.05) is 24.3 Å². The minimum Gasteiger partial charge on any atom is -0.480 e. The van der Waals surface area contributed by atoms with Crippen LogP contribution in [0.2, 0.25) is 0 Å². The van der Waals surface area contributed by atoms with Crippen LogP contribution < -0.4 is 27.4 Å². The van der Waals surface area contributed by atoms with Crippen LogP contribution in [0.4, 0.5) is 0 Å². The zero-order valence-electron chi connectivity index (χ0n) is 20.9. The highest BCUT2D eigenvalue weighted by Crippen LogP contribution is 2.18. The molecule has 2 aromatic heterocycles. The predicted octanol–water partition coefficient (Wildman–Crippen LogP) is -0.697. The van der Waals surface area contributed by atoms with Crippen molar-refractivity contribution in [2.45, 2.75) is 50.2 Å². The van der Waals surface area contributed by atoms with E-state index in [-0.39, 0.29) is 19.3 Å². The van der Waals surface area contributed by atoms with Crippen LogP contribution in [0.25, 0.3) is 10.9 Å². The highest BCUT2D eigenvalue weighted by atomic mass is 16.4. The molecule has 2 heterocycles. The Labute approximate surface area is 219 Å². The van der Waals surface area contributed by atoms with Gasteiger partial charge in [0.1, 0.15) is 12.1 Å². The quantitative estimate of drug-likeness (QED) is 0.118. The molecule has 0 bridgehead atoms. The number of imidazole rings is 1. The first-order valence-corrected chi connectivity index (χ1v) is 12.4. The minimum absolute atomic E-state index is 0.0424. The summed E-state index contributed by atoms with van der Waals surface area (Å²) in [5.74, 6) is -3.01. The van der Waals surface area contributed by atoms with E-state index in [0.29, 0.717) is 25.1 Å². The number of amides is 3. The second-order valence-electron chi connectivity index (χ2n) is 8.97. The highest BCUT2D eigenvalue weighted by Gasteiger charge is 2.27. The number of carbonyl (C=O) groups excluding carboxylic acids is 3. The number of nitrogens with two attached hydrogens (primary N) is 2. The summed E-state index contributed by atoms with van der Waals surface area (Å²) >= 11 is 0. The summed E-state index contributed by atoms with van der Waals surface area (Å²) in [6.07, 6.45) is 6.37. The Morgan fingerprint density at radius 2 is 1.79 bits per heavy atom. The first-order valence-electron chi connectivity index (χ1n) is 12.4. The minimum atomic E-state index is -1.18. The molecular weight excluding hydrogens is 492 g/mol. The lowest BCUT2D eigenvalue weighted by molar-refractivity contribution is -0.142. The van der Waals surface area contributed by atoms with Gasteiger partial charge < -0.3 is 42.5 Å². The Hall–Kier alpha value is -4.23. The number of nitrogens with zero attached hydrogens (tertiary/aromatic N) is 1. The van der Waals surface area contributed by atoms with Crippen LogP contribution in [-0.2, 0) is 32.0 Å². The maximum Gasteiger partial charge on any atom is 0.326 e. The summed E-state index contributed by atoms with van der Waals surface area (Å²) in [4.78, 5) is 59.6. The molecule has 1 aromatic carbocycles. The number of hydrogen-bond donors (Lipinski definition) is 8. The third-order valence-electron chi connectivity index (χ3n) is 6.07. The molecule has 0 radical (unpaired) electrons. The van der Waals surface area contributed by atoms with E-state index in [1.54, 1.807) is 6.20 Å². The number of aromatic amines is 2. The Morgan fingerprint density at radius 1 is 1.00 bits per heavy atom. The maximum atomic E-state index is 12.9. The second-order valence-corrected chi connectivity index (χ2v) is 8.97. The number of carboxylic acids is 1. The molecule has 3 amide bonds. The number of carboxylic acid groups (broad SMARTS) is 1. The molecule has 3 aromatic rings. The van der Waals surface area contributed by atoms with Crippen molar-refractivity contribution in [2.24, 2.45) is 11.5 Å². The van der Waals surface area contributed by atoms with Gasteiger partial charge in [-0.25, -0.2) is 9.78 Å². The smallest absolute Gasteiger partial charge is 0.326 e. The molecule has 0 saturated heterocycles. The van der Waals surface area contributed by atoms with Crippen LogP contribution in [-0.4, -0.2) is 75.0 Å². The number of hydrogen-bond acceptors (Lipinski definition) is 7. The van der Waals surface area contributed by atoms with Gasteiger partial charge in [-0.3, -0.25) is 14.4 Å². The van der Waals surface area contributed by atoms with Crippen molar-refractivity contribution >= 4 is 34.6 Å². The molecule has 0 aliphatic rings. The third-order valence-corrected chi connectivity index (χ3v) is 6.07. The lowest BCUT2D eigenvalue weighted by Gasteiger charge is -2.21. The topological polar surface area (TPSA) is 221 Å². The van der Waals surface area contributed by atoms with E-state index in [9.17, 15) is 24.3 Å². The Balaban J connectivity index is 1.56. The van der Waals surface area contributed by atoms with Gasteiger partial charge in [0.2, 0.25) is 17.7 Å². The number of aliphatic carboxylic acids is 1. The number of unbranched alkanes of at least 4 members (excludes halogenated alkanes) is 1. The van der Waals surface area contributed by atoms with E-state index in [1.165, 1.54) is 12.5 Å².